The number of carbonyl (C=O) groups is 1. The van der Waals surface area contributed by atoms with Gasteiger partial charge in [-0.1, -0.05) is 35.9 Å². The second-order valence-corrected chi connectivity index (χ2v) is 5.31. The standard InChI is InChI=1S/C17H18ClNO2/c1-12(14-6-8-15(18)9-7-14)19-17(20)11-13-4-3-5-16(10-13)21-2/h3-10,12H,11H2,1-2H3,(H,19,20)/t12-/m0/s1. The maximum Gasteiger partial charge on any atom is 0.224 e. The number of hydrogen-bond donors (Lipinski definition) is 1. The molecule has 21 heavy (non-hydrogen) atoms. The normalized spacial score (nSPS) is 11.8. The third kappa shape index (κ3) is 4.50. The number of rotatable bonds is 5. The van der Waals surface area contributed by atoms with Gasteiger partial charge in [0.25, 0.3) is 0 Å². The highest BCUT2D eigenvalue weighted by Crippen LogP contribution is 2.17. The van der Waals surface area contributed by atoms with E-state index in [1.807, 2.05) is 55.5 Å². The van der Waals surface area contributed by atoms with Gasteiger partial charge in [-0.25, -0.2) is 0 Å². The molecule has 2 aromatic rings. The maximum absolute atomic E-state index is 12.1. The quantitative estimate of drug-likeness (QED) is 0.913. The van der Waals surface area contributed by atoms with Crippen LogP contribution in [0.1, 0.15) is 24.1 Å². The third-order valence-corrected chi connectivity index (χ3v) is 3.50. The fourth-order valence-corrected chi connectivity index (χ4v) is 2.22. The van der Waals surface area contributed by atoms with Gasteiger partial charge in [-0.05, 0) is 42.3 Å². The lowest BCUT2D eigenvalue weighted by molar-refractivity contribution is -0.121. The van der Waals surface area contributed by atoms with E-state index < -0.39 is 0 Å². The molecule has 4 heteroatoms. The molecule has 0 fully saturated rings. The Morgan fingerprint density at radius 1 is 1.24 bits per heavy atom. The van der Waals surface area contributed by atoms with E-state index in [0.717, 1.165) is 16.9 Å². The minimum Gasteiger partial charge on any atom is -0.497 e. The molecule has 0 aromatic heterocycles. The van der Waals surface area contributed by atoms with Crippen LogP contribution in [-0.2, 0) is 11.2 Å². The summed E-state index contributed by atoms with van der Waals surface area (Å²) in [6, 6.07) is 14.9. The number of amides is 1. The first-order valence-corrected chi connectivity index (χ1v) is 7.14. The van der Waals surface area contributed by atoms with Crippen LogP contribution in [0.5, 0.6) is 5.75 Å². The number of methoxy groups -OCH3 is 1. The van der Waals surface area contributed by atoms with Crippen LogP contribution in [-0.4, -0.2) is 13.0 Å². The van der Waals surface area contributed by atoms with Crippen LogP contribution in [0.15, 0.2) is 48.5 Å². The third-order valence-electron chi connectivity index (χ3n) is 3.25. The van der Waals surface area contributed by atoms with Gasteiger partial charge >= 0.3 is 0 Å². The van der Waals surface area contributed by atoms with Crippen LogP contribution >= 0.6 is 11.6 Å². The second-order valence-electron chi connectivity index (χ2n) is 4.87. The Kier molecular flexibility index (Phi) is 5.23. The van der Waals surface area contributed by atoms with Crippen molar-refractivity contribution >= 4 is 17.5 Å². The van der Waals surface area contributed by atoms with E-state index in [1.165, 1.54) is 0 Å². The zero-order valence-electron chi connectivity index (χ0n) is 12.1. The van der Waals surface area contributed by atoms with Crippen LogP contribution in [0.25, 0.3) is 0 Å². The van der Waals surface area contributed by atoms with Crippen molar-refractivity contribution in [3.63, 3.8) is 0 Å². The summed E-state index contributed by atoms with van der Waals surface area (Å²) in [6.45, 7) is 1.95. The molecular formula is C17H18ClNO2. The van der Waals surface area contributed by atoms with Gasteiger partial charge in [0.15, 0.2) is 0 Å². The molecule has 0 spiro atoms. The molecule has 0 saturated carbocycles. The molecule has 3 nitrogen and oxygen atoms in total. The zero-order chi connectivity index (χ0) is 15.2. The second kappa shape index (κ2) is 7.14. The van der Waals surface area contributed by atoms with Gasteiger partial charge in [-0.15, -0.1) is 0 Å². The number of benzene rings is 2. The van der Waals surface area contributed by atoms with Gasteiger partial charge in [0.05, 0.1) is 19.6 Å². The molecule has 0 heterocycles. The van der Waals surface area contributed by atoms with E-state index >= 15 is 0 Å². The first kappa shape index (κ1) is 15.4. The Morgan fingerprint density at radius 3 is 2.62 bits per heavy atom. The maximum atomic E-state index is 12.1. The first-order valence-electron chi connectivity index (χ1n) is 6.76. The highest BCUT2D eigenvalue weighted by molar-refractivity contribution is 6.30. The molecule has 0 saturated heterocycles. The van der Waals surface area contributed by atoms with Gasteiger partial charge in [-0.2, -0.15) is 0 Å². The monoisotopic (exact) mass is 303 g/mol. The average Bonchev–Trinajstić information content (AvgIpc) is 2.47. The molecule has 1 atom stereocenters. The summed E-state index contributed by atoms with van der Waals surface area (Å²) < 4.78 is 5.15. The Bertz CT molecular complexity index is 610. The molecule has 0 radical (unpaired) electrons. The summed E-state index contributed by atoms with van der Waals surface area (Å²) in [7, 11) is 1.61. The van der Waals surface area contributed by atoms with Gasteiger partial charge in [0, 0.05) is 5.02 Å². The Hall–Kier alpha value is -2.00. The molecule has 1 N–H and O–H groups in total. The lowest BCUT2D eigenvalue weighted by Gasteiger charge is -2.14. The summed E-state index contributed by atoms with van der Waals surface area (Å²) in [5.41, 5.74) is 1.95. The van der Waals surface area contributed by atoms with E-state index in [0.29, 0.717) is 11.4 Å². The van der Waals surface area contributed by atoms with Crippen molar-refractivity contribution in [1.29, 1.82) is 0 Å². The lowest BCUT2D eigenvalue weighted by Crippen LogP contribution is -2.28. The molecule has 0 aliphatic heterocycles. The van der Waals surface area contributed by atoms with E-state index in [2.05, 4.69) is 5.32 Å². The molecule has 110 valence electrons. The topological polar surface area (TPSA) is 38.3 Å². The van der Waals surface area contributed by atoms with Gasteiger partial charge in [-0.3, -0.25) is 4.79 Å². The zero-order valence-corrected chi connectivity index (χ0v) is 12.9. The number of hydrogen-bond acceptors (Lipinski definition) is 2. The Balaban J connectivity index is 1.96. The lowest BCUT2D eigenvalue weighted by atomic mass is 10.1. The fourth-order valence-electron chi connectivity index (χ4n) is 2.10. The van der Waals surface area contributed by atoms with Crippen LogP contribution in [0.4, 0.5) is 0 Å². The SMILES string of the molecule is COc1cccc(CC(=O)N[C@@H](C)c2ccc(Cl)cc2)c1. The van der Waals surface area contributed by atoms with Crippen molar-refractivity contribution in [3.8, 4) is 5.75 Å². The Labute approximate surface area is 129 Å². The highest BCUT2D eigenvalue weighted by atomic mass is 35.5. The van der Waals surface area contributed by atoms with Crippen molar-refractivity contribution in [2.24, 2.45) is 0 Å². The van der Waals surface area contributed by atoms with Crippen LogP contribution in [0.3, 0.4) is 0 Å². The van der Waals surface area contributed by atoms with Crippen molar-refractivity contribution in [3.05, 3.63) is 64.7 Å². The van der Waals surface area contributed by atoms with E-state index in [4.69, 9.17) is 16.3 Å². The smallest absolute Gasteiger partial charge is 0.224 e. The van der Waals surface area contributed by atoms with Gasteiger partial charge in [0.2, 0.25) is 5.91 Å². The summed E-state index contributed by atoms with van der Waals surface area (Å²) >= 11 is 5.86. The molecule has 0 aliphatic rings. The van der Waals surface area contributed by atoms with Crippen molar-refractivity contribution in [1.82, 2.24) is 5.32 Å². The van der Waals surface area contributed by atoms with Crippen molar-refractivity contribution in [2.75, 3.05) is 7.11 Å². The minimum absolute atomic E-state index is 0.0225. The number of nitrogens with one attached hydrogen (secondary N) is 1. The van der Waals surface area contributed by atoms with Gasteiger partial charge < -0.3 is 10.1 Å². The summed E-state index contributed by atoms with van der Waals surface area (Å²) in [5.74, 6) is 0.733. The number of ether oxygens (including phenoxy) is 1. The molecule has 0 unspecified atom stereocenters. The molecular weight excluding hydrogens is 286 g/mol. The molecule has 1 amide bonds. The number of halogens is 1. The first-order chi connectivity index (χ1) is 10.1. The number of carbonyl (C=O) groups excluding carboxylic acids is 1. The predicted molar refractivity (Wildman–Crippen MR) is 84.7 cm³/mol. The largest absolute Gasteiger partial charge is 0.497 e. The predicted octanol–water partition coefficient (Wildman–Crippen LogP) is 3.77. The van der Waals surface area contributed by atoms with Crippen LogP contribution in [0.2, 0.25) is 5.02 Å². The molecule has 0 bridgehead atoms. The van der Waals surface area contributed by atoms with E-state index in [-0.39, 0.29) is 11.9 Å². The van der Waals surface area contributed by atoms with Gasteiger partial charge in [0.1, 0.15) is 5.75 Å². The van der Waals surface area contributed by atoms with Crippen LogP contribution < -0.4 is 10.1 Å². The fraction of sp³-hybridized carbons (Fsp3) is 0.235. The van der Waals surface area contributed by atoms with Crippen LogP contribution in [0, 0.1) is 0 Å². The molecule has 2 aromatic carbocycles. The van der Waals surface area contributed by atoms with Crippen molar-refractivity contribution < 1.29 is 9.53 Å². The summed E-state index contributed by atoms with van der Waals surface area (Å²) in [5, 5.41) is 3.67. The minimum atomic E-state index is -0.0552. The molecule has 0 aliphatic carbocycles. The summed E-state index contributed by atoms with van der Waals surface area (Å²) in [4.78, 5) is 12.1. The average molecular weight is 304 g/mol. The summed E-state index contributed by atoms with van der Waals surface area (Å²) in [6.07, 6.45) is 0.329. The van der Waals surface area contributed by atoms with E-state index in [9.17, 15) is 4.79 Å². The molecule has 2 rings (SSSR count). The Morgan fingerprint density at radius 2 is 1.95 bits per heavy atom. The highest BCUT2D eigenvalue weighted by Gasteiger charge is 2.10. The van der Waals surface area contributed by atoms with E-state index in [1.54, 1.807) is 7.11 Å². The van der Waals surface area contributed by atoms with Crippen molar-refractivity contribution in [2.45, 2.75) is 19.4 Å².